The molecular formula is C15H21N3O. The van der Waals surface area contributed by atoms with Crippen LogP contribution in [0.4, 0.5) is 0 Å². The van der Waals surface area contributed by atoms with Crippen molar-refractivity contribution in [3.05, 3.63) is 35.7 Å². The zero-order valence-corrected chi connectivity index (χ0v) is 12.0. The van der Waals surface area contributed by atoms with Gasteiger partial charge < -0.3 is 10.5 Å². The molecule has 4 heteroatoms. The molecule has 0 saturated heterocycles. The molecular weight excluding hydrogens is 238 g/mol. The molecule has 1 aromatic carbocycles. The summed E-state index contributed by atoms with van der Waals surface area (Å²) in [5.74, 6) is 1.34. The van der Waals surface area contributed by atoms with Gasteiger partial charge in [-0.1, -0.05) is 19.9 Å². The fourth-order valence-corrected chi connectivity index (χ4v) is 2.30. The Kier molecular flexibility index (Phi) is 3.90. The van der Waals surface area contributed by atoms with Gasteiger partial charge in [0.05, 0.1) is 19.0 Å². The molecule has 0 aliphatic rings. The highest BCUT2D eigenvalue weighted by Crippen LogP contribution is 2.32. The number of rotatable bonds is 4. The summed E-state index contributed by atoms with van der Waals surface area (Å²) in [7, 11) is 3.62. The molecule has 1 heterocycles. The summed E-state index contributed by atoms with van der Waals surface area (Å²) in [4.78, 5) is 0. The molecule has 4 nitrogen and oxygen atoms in total. The van der Waals surface area contributed by atoms with Crippen molar-refractivity contribution in [2.75, 3.05) is 7.11 Å². The second-order valence-electron chi connectivity index (χ2n) is 4.94. The average Bonchev–Trinajstić information content (AvgIpc) is 2.78. The minimum atomic E-state index is 0.410. The van der Waals surface area contributed by atoms with Crippen LogP contribution in [0.3, 0.4) is 0 Å². The fraction of sp³-hybridized carbons (Fsp3) is 0.400. The van der Waals surface area contributed by atoms with Gasteiger partial charge in [-0.15, -0.1) is 0 Å². The van der Waals surface area contributed by atoms with Crippen LogP contribution in [0.5, 0.6) is 5.75 Å². The lowest BCUT2D eigenvalue weighted by Gasteiger charge is -2.13. The van der Waals surface area contributed by atoms with Crippen molar-refractivity contribution in [1.29, 1.82) is 0 Å². The van der Waals surface area contributed by atoms with Crippen LogP contribution in [0, 0.1) is 0 Å². The van der Waals surface area contributed by atoms with E-state index >= 15 is 0 Å². The second-order valence-corrected chi connectivity index (χ2v) is 4.94. The van der Waals surface area contributed by atoms with E-state index in [9.17, 15) is 0 Å². The van der Waals surface area contributed by atoms with Gasteiger partial charge in [-0.2, -0.15) is 5.10 Å². The third-order valence-electron chi connectivity index (χ3n) is 3.42. The Bertz CT molecular complexity index is 573. The van der Waals surface area contributed by atoms with E-state index in [4.69, 9.17) is 10.5 Å². The Balaban J connectivity index is 2.54. The molecule has 0 bridgehead atoms. The number of nitrogens with zero attached hydrogens (tertiary/aromatic N) is 2. The number of hydrogen-bond donors (Lipinski definition) is 1. The number of ether oxygens (including phenoxy) is 1. The Morgan fingerprint density at radius 1 is 1.37 bits per heavy atom. The Morgan fingerprint density at radius 3 is 2.68 bits per heavy atom. The molecule has 1 aromatic heterocycles. The van der Waals surface area contributed by atoms with Crippen LogP contribution >= 0.6 is 0 Å². The first-order valence-electron chi connectivity index (χ1n) is 6.47. The Morgan fingerprint density at radius 2 is 2.11 bits per heavy atom. The van der Waals surface area contributed by atoms with Crippen LogP contribution in [0.1, 0.15) is 31.0 Å². The topological polar surface area (TPSA) is 53.1 Å². The molecule has 0 fully saturated rings. The van der Waals surface area contributed by atoms with Crippen LogP contribution in [-0.2, 0) is 13.6 Å². The van der Waals surface area contributed by atoms with Gasteiger partial charge in [-0.25, -0.2) is 0 Å². The smallest absolute Gasteiger partial charge is 0.122 e. The van der Waals surface area contributed by atoms with E-state index in [1.54, 1.807) is 7.11 Å². The predicted octanol–water partition coefficient (Wildman–Crippen LogP) is 2.68. The summed E-state index contributed by atoms with van der Waals surface area (Å²) in [5.41, 5.74) is 10.3. The Hall–Kier alpha value is -1.81. The van der Waals surface area contributed by atoms with Crippen molar-refractivity contribution < 1.29 is 4.74 Å². The van der Waals surface area contributed by atoms with Crippen molar-refractivity contribution in [3.8, 4) is 16.9 Å². The van der Waals surface area contributed by atoms with Gasteiger partial charge in [-0.3, -0.25) is 4.68 Å². The molecule has 0 amide bonds. The molecule has 0 spiro atoms. The largest absolute Gasteiger partial charge is 0.496 e. The van der Waals surface area contributed by atoms with Gasteiger partial charge in [0.25, 0.3) is 0 Å². The van der Waals surface area contributed by atoms with E-state index in [1.165, 1.54) is 5.56 Å². The van der Waals surface area contributed by atoms with Crippen LogP contribution in [0.25, 0.3) is 11.1 Å². The Labute approximate surface area is 114 Å². The van der Waals surface area contributed by atoms with E-state index in [-0.39, 0.29) is 0 Å². The van der Waals surface area contributed by atoms with Gasteiger partial charge in [0.1, 0.15) is 5.75 Å². The maximum absolute atomic E-state index is 5.80. The maximum Gasteiger partial charge on any atom is 0.122 e. The van der Waals surface area contributed by atoms with E-state index in [1.807, 2.05) is 24.0 Å². The van der Waals surface area contributed by atoms with E-state index < -0.39 is 0 Å². The molecule has 0 unspecified atom stereocenters. The third-order valence-corrected chi connectivity index (χ3v) is 3.42. The van der Waals surface area contributed by atoms with Crippen molar-refractivity contribution in [2.45, 2.75) is 26.3 Å². The maximum atomic E-state index is 5.80. The lowest BCUT2D eigenvalue weighted by atomic mass is 9.96. The molecule has 19 heavy (non-hydrogen) atoms. The minimum Gasteiger partial charge on any atom is -0.496 e. The summed E-state index contributed by atoms with van der Waals surface area (Å²) in [5, 5.41) is 4.29. The summed E-state index contributed by atoms with van der Waals surface area (Å²) in [6, 6.07) is 6.23. The molecule has 0 saturated carbocycles. The fourth-order valence-electron chi connectivity index (χ4n) is 2.30. The SMILES string of the molecule is COc1ccc(-c2cnn(C)c2CN)cc1C(C)C. The van der Waals surface area contributed by atoms with Crippen molar-refractivity contribution in [3.63, 3.8) is 0 Å². The van der Waals surface area contributed by atoms with Crippen LogP contribution in [-0.4, -0.2) is 16.9 Å². The van der Waals surface area contributed by atoms with Crippen LogP contribution in [0.15, 0.2) is 24.4 Å². The minimum absolute atomic E-state index is 0.410. The average molecular weight is 259 g/mol. The summed E-state index contributed by atoms with van der Waals surface area (Å²) in [6.07, 6.45) is 1.87. The van der Waals surface area contributed by atoms with E-state index in [0.29, 0.717) is 12.5 Å². The normalized spacial score (nSPS) is 11.1. The van der Waals surface area contributed by atoms with Crippen molar-refractivity contribution in [2.24, 2.45) is 12.8 Å². The number of hydrogen-bond acceptors (Lipinski definition) is 3. The number of aromatic nitrogens is 2. The standard InChI is InChI=1S/C15H21N3O/c1-10(2)12-7-11(5-6-15(12)19-4)13-9-17-18(3)14(13)8-16/h5-7,9-10H,8,16H2,1-4H3. The monoisotopic (exact) mass is 259 g/mol. The molecule has 0 radical (unpaired) electrons. The summed E-state index contributed by atoms with van der Waals surface area (Å²) in [6.45, 7) is 4.80. The van der Waals surface area contributed by atoms with Gasteiger partial charge in [0, 0.05) is 19.2 Å². The summed E-state index contributed by atoms with van der Waals surface area (Å²) < 4.78 is 7.24. The first-order chi connectivity index (χ1) is 9.08. The molecule has 0 aliphatic heterocycles. The number of benzene rings is 1. The van der Waals surface area contributed by atoms with E-state index in [0.717, 1.165) is 22.6 Å². The van der Waals surface area contributed by atoms with Gasteiger partial charge in [-0.05, 0) is 29.2 Å². The van der Waals surface area contributed by atoms with Crippen molar-refractivity contribution in [1.82, 2.24) is 9.78 Å². The third kappa shape index (κ3) is 2.49. The highest BCUT2D eigenvalue weighted by atomic mass is 16.5. The van der Waals surface area contributed by atoms with Crippen LogP contribution < -0.4 is 10.5 Å². The highest BCUT2D eigenvalue weighted by molar-refractivity contribution is 5.67. The highest BCUT2D eigenvalue weighted by Gasteiger charge is 2.13. The quantitative estimate of drug-likeness (QED) is 0.918. The molecule has 0 aliphatic carbocycles. The molecule has 0 atom stereocenters. The van der Waals surface area contributed by atoms with E-state index in [2.05, 4.69) is 31.1 Å². The first-order valence-corrected chi connectivity index (χ1v) is 6.47. The van der Waals surface area contributed by atoms with Gasteiger partial charge >= 0.3 is 0 Å². The number of methoxy groups -OCH3 is 1. The molecule has 102 valence electrons. The zero-order chi connectivity index (χ0) is 14.0. The first kappa shape index (κ1) is 13.6. The number of nitrogens with two attached hydrogens (primary N) is 1. The predicted molar refractivity (Wildman–Crippen MR) is 77.2 cm³/mol. The summed E-state index contributed by atoms with van der Waals surface area (Å²) >= 11 is 0. The lowest BCUT2D eigenvalue weighted by Crippen LogP contribution is -2.05. The lowest BCUT2D eigenvalue weighted by molar-refractivity contribution is 0.407. The van der Waals surface area contributed by atoms with Gasteiger partial charge in [0.15, 0.2) is 0 Å². The van der Waals surface area contributed by atoms with Crippen LogP contribution in [0.2, 0.25) is 0 Å². The zero-order valence-electron chi connectivity index (χ0n) is 12.0. The number of aryl methyl sites for hydroxylation is 1. The van der Waals surface area contributed by atoms with Crippen molar-refractivity contribution >= 4 is 0 Å². The molecule has 2 N–H and O–H groups in total. The molecule has 2 aromatic rings. The molecule has 2 rings (SSSR count). The van der Waals surface area contributed by atoms with Gasteiger partial charge in [0.2, 0.25) is 0 Å². The second kappa shape index (κ2) is 5.45.